The molecule has 1 aromatic rings. The monoisotopic (exact) mass is 1120 g/mol. The Morgan fingerprint density at radius 3 is 1.87 bits per heavy atom. The van der Waals surface area contributed by atoms with Crippen LogP contribution in [0.5, 0.6) is 0 Å². The first kappa shape index (κ1) is 67.0. The first-order valence-electron chi connectivity index (χ1n) is 28.8. The van der Waals surface area contributed by atoms with E-state index in [4.69, 9.17) is 32.5 Å². The van der Waals surface area contributed by atoms with E-state index in [1.165, 1.54) is 11.3 Å². The number of thiazole rings is 1. The van der Waals surface area contributed by atoms with Gasteiger partial charge in [0.1, 0.15) is 23.1 Å². The van der Waals surface area contributed by atoms with Crippen molar-refractivity contribution >= 4 is 66.3 Å². The third-order valence-corrected chi connectivity index (χ3v) is 32.2. The molecular weight excluding hydrogens is 1010 g/mol. The highest BCUT2D eigenvalue weighted by atomic mass is 32.1. The van der Waals surface area contributed by atoms with Crippen LogP contribution >= 0.6 is 11.3 Å². The number of ketones is 1. The molecule has 0 bridgehead atoms. The second-order valence-electron chi connectivity index (χ2n) is 26.4. The largest absolute Gasteiger partial charge is 0.458 e. The van der Waals surface area contributed by atoms with Gasteiger partial charge in [-0.15, -0.1) is 11.3 Å². The summed E-state index contributed by atoms with van der Waals surface area (Å²) in [5, 5.41) is 2.74. The number of rotatable bonds is 19. The van der Waals surface area contributed by atoms with Crippen molar-refractivity contribution in [3.63, 3.8) is 0 Å². The molecule has 0 spiro atoms. The van der Waals surface area contributed by atoms with Crippen LogP contribution in [0.3, 0.4) is 0 Å². The number of hydrogen-bond acceptors (Lipinski definition) is 13. The van der Waals surface area contributed by atoms with Crippen LogP contribution in [-0.4, -0.2) is 124 Å². The molecule has 0 saturated carbocycles. The van der Waals surface area contributed by atoms with Gasteiger partial charge < -0.3 is 27.5 Å². The molecule has 1 aromatic heterocycles. The number of ether oxygens (including phenoxy) is 3. The summed E-state index contributed by atoms with van der Waals surface area (Å²) < 4.78 is 39.5. The van der Waals surface area contributed by atoms with E-state index in [0.29, 0.717) is 23.7 Å². The number of carbonyl (C=O) groups is 4. The summed E-state index contributed by atoms with van der Waals surface area (Å²) in [5.41, 5.74) is -1.27. The number of carbonyl (C=O) groups excluding carboxylic acids is 4. The fraction of sp³-hybridized carbons (Fsp3) is 0.845. The predicted molar refractivity (Wildman–Crippen MR) is 315 cm³/mol. The van der Waals surface area contributed by atoms with Gasteiger partial charge in [0.05, 0.1) is 29.3 Å². The van der Waals surface area contributed by atoms with Gasteiger partial charge >= 0.3 is 18.2 Å². The fourth-order valence-electron chi connectivity index (χ4n) is 10.7. The van der Waals surface area contributed by atoms with Crippen LogP contribution in [0.1, 0.15) is 188 Å². The van der Waals surface area contributed by atoms with Gasteiger partial charge in [0, 0.05) is 60.8 Å². The van der Waals surface area contributed by atoms with E-state index >= 15 is 4.79 Å². The van der Waals surface area contributed by atoms with Gasteiger partial charge in [-0.25, -0.2) is 19.5 Å². The van der Waals surface area contributed by atoms with E-state index in [2.05, 4.69) is 101 Å². The molecule has 0 aromatic carbocycles. The van der Waals surface area contributed by atoms with Gasteiger partial charge in [-0.3, -0.25) is 14.5 Å². The van der Waals surface area contributed by atoms with Crippen molar-refractivity contribution < 1.29 is 46.7 Å². The van der Waals surface area contributed by atoms with E-state index in [1.54, 1.807) is 41.5 Å². The molecule has 0 N–H and O–H groups in total. The van der Waals surface area contributed by atoms with Crippen molar-refractivity contribution in [1.29, 1.82) is 0 Å². The highest BCUT2D eigenvalue weighted by molar-refractivity contribution is 7.09. The second kappa shape index (κ2) is 26.8. The molecule has 2 aliphatic rings. The maximum absolute atomic E-state index is 15.4. The molecule has 2 aliphatic heterocycles. The smallest absolute Gasteiger partial charge is 0.419 e. The summed E-state index contributed by atoms with van der Waals surface area (Å²) in [4.78, 5) is 65.4. The maximum atomic E-state index is 15.4. The molecule has 1 unspecified atom stereocenters. The van der Waals surface area contributed by atoms with Gasteiger partial charge in [0.15, 0.2) is 25.0 Å². The molecule has 0 radical (unpaired) electrons. The normalized spacial score (nSPS) is 26.1. The Bertz CT molecular complexity index is 2020. The number of esters is 1. The number of hydrogen-bond donors (Lipinski definition) is 0. The highest BCUT2D eigenvalue weighted by Gasteiger charge is 2.59. The van der Waals surface area contributed by atoms with Crippen LogP contribution in [0.25, 0.3) is 6.08 Å². The maximum Gasteiger partial charge on any atom is 0.419 e. The van der Waals surface area contributed by atoms with E-state index < -0.39 is 77.9 Å². The lowest BCUT2D eigenvalue weighted by molar-refractivity contribution is -0.153. The summed E-state index contributed by atoms with van der Waals surface area (Å²) in [6.45, 7) is 49.4. The van der Waals surface area contributed by atoms with Crippen molar-refractivity contribution in [3.05, 3.63) is 21.7 Å². The highest BCUT2D eigenvalue weighted by Crippen LogP contribution is 2.49. The minimum Gasteiger partial charge on any atom is -0.458 e. The number of amides is 2. The SMILES string of the molecule is CC[Si](CC)(CC)O[C@H]1[C@@H](C)CCC[C@]2(C)[C@H](C[C@@H](/C(C)=C/c3csc(CCN(C(=O)OC(C)(C)C)C(=O)OC(C)(C)C)n3)OC(=O)C[C@H](O[Si](CC)(CC)CC)C(C)(C)C(=O)[C@@H]1C)N2CCO[Si](C)(C)C(C)(C)C. The zero-order chi connectivity index (χ0) is 57.3. The Kier molecular flexibility index (Phi) is 23.9. The fourth-order valence-corrected chi connectivity index (χ4v) is 18.5. The molecular formula is C58H107N3O10SSi3. The Balaban J connectivity index is 2.17. The number of Topliss-reactive ketones (excluding diaryl/α,β-unsaturated/α-hetero) is 1. The molecule has 3 rings (SSSR count). The summed E-state index contributed by atoms with van der Waals surface area (Å²) in [6.07, 6.45) is 2.52. The Labute approximate surface area is 463 Å². The average Bonchev–Trinajstić information content (AvgIpc) is 3.56. The van der Waals surface area contributed by atoms with Crippen molar-refractivity contribution in [3.8, 4) is 0 Å². The van der Waals surface area contributed by atoms with Gasteiger partial charge in [-0.2, -0.15) is 0 Å². The van der Waals surface area contributed by atoms with Crippen molar-refractivity contribution in [1.82, 2.24) is 14.8 Å². The lowest BCUT2D eigenvalue weighted by atomic mass is 9.73. The minimum atomic E-state index is -2.35. The second-order valence-corrected chi connectivity index (χ2v) is 41.6. The molecule has 2 amide bonds. The van der Waals surface area contributed by atoms with Crippen LogP contribution in [0.15, 0.2) is 11.0 Å². The van der Waals surface area contributed by atoms with Crippen LogP contribution in [0.4, 0.5) is 9.59 Å². The number of cyclic esters (lactones) is 1. The Morgan fingerprint density at radius 1 is 0.853 bits per heavy atom. The zero-order valence-corrected chi connectivity index (χ0v) is 55.4. The molecule has 8 atom stereocenters. The van der Waals surface area contributed by atoms with Crippen molar-refractivity contribution in [2.75, 3.05) is 19.7 Å². The van der Waals surface area contributed by atoms with E-state index in [9.17, 15) is 14.4 Å². The van der Waals surface area contributed by atoms with Crippen LogP contribution in [-0.2, 0) is 43.5 Å². The van der Waals surface area contributed by atoms with Gasteiger partial charge in [-0.05, 0) is 140 Å². The Morgan fingerprint density at radius 2 is 1.37 bits per heavy atom. The predicted octanol–water partition coefficient (Wildman–Crippen LogP) is 15.2. The molecule has 2 saturated heterocycles. The number of imide groups is 1. The zero-order valence-electron chi connectivity index (χ0n) is 51.6. The van der Waals surface area contributed by atoms with E-state index in [-0.39, 0.29) is 53.8 Å². The summed E-state index contributed by atoms with van der Waals surface area (Å²) >= 11 is 1.43. The van der Waals surface area contributed by atoms with Gasteiger partial charge in [0.2, 0.25) is 0 Å². The lowest BCUT2D eigenvalue weighted by Crippen LogP contribution is -2.53. The van der Waals surface area contributed by atoms with Crippen LogP contribution < -0.4 is 0 Å². The number of nitrogens with zero attached hydrogens (tertiary/aromatic N) is 3. The third-order valence-electron chi connectivity index (χ3n) is 17.5. The molecule has 2 fully saturated rings. The molecule has 13 nitrogen and oxygen atoms in total. The van der Waals surface area contributed by atoms with Gasteiger partial charge in [0.25, 0.3) is 0 Å². The molecule has 75 heavy (non-hydrogen) atoms. The first-order valence-corrected chi connectivity index (χ1v) is 37.6. The van der Waals surface area contributed by atoms with Crippen LogP contribution in [0, 0.1) is 17.3 Å². The topological polar surface area (TPSA) is 143 Å². The molecule has 0 aliphatic carbocycles. The molecule has 3 heterocycles. The van der Waals surface area contributed by atoms with Gasteiger partial charge in [-0.1, -0.05) is 96.4 Å². The third kappa shape index (κ3) is 18.1. The summed E-state index contributed by atoms with van der Waals surface area (Å²) in [5.74, 6) is -0.581. The summed E-state index contributed by atoms with van der Waals surface area (Å²) in [6, 6.07) is 5.73. The van der Waals surface area contributed by atoms with Crippen molar-refractivity contribution in [2.45, 2.75) is 279 Å². The van der Waals surface area contributed by atoms with Crippen molar-refractivity contribution in [2.24, 2.45) is 17.3 Å². The standard InChI is InChI=1S/C58H107N3O10SSi3/c1-24-74(25-2,26-3)70-47-39-49(62)67-45(42(8)37-44-40-72-48(59-44)32-34-60(52(64)68-54(10,11)12)53(65)69-55(13,14)15)38-46-58(21,61(46)35-36-66-73(22,23)56(16,17)18)33-30-31-41(7)50(43(9)51(63)57(47,19)20)71-75(27-4,28-5)29-6/h37,40-41,43,45-47,50H,24-36,38-39H2,1-23H3/b42-37+/t41-,43+,45-,46-,47-,50-,58+,61?/m0/s1. The minimum absolute atomic E-state index is 0.0131. The van der Waals surface area contributed by atoms with E-state index in [1.807, 2.05) is 32.2 Å². The van der Waals surface area contributed by atoms with Crippen LogP contribution in [0.2, 0.25) is 54.4 Å². The summed E-state index contributed by atoms with van der Waals surface area (Å²) in [7, 11) is -6.51. The molecule has 17 heteroatoms. The first-order chi connectivity index (χ1) is 34.4. The van der Waals surface area contributed by atoms with E-state index in [0.717, 1.165) is 72.5 Å². The number of fused-ring (bicyclic) bond motifs is 1. The quantitative estimate of drug-likeness (QED) is 0.0563. The Hall–Kier alpha value is -2.26. The lowest BCUT2D eigenvalue weighted by Gasteiger charge is -2.44. The molecule has 432 valence electrons. The number of aromatic nitrogens is 1. The average molecular weight is 1120 g/mol.